The zero-order valence-corrected chi connectivity index (χ0v) is 20.8. The molecule has 0 radical (unpaired) electrons. The van der Waals surface area contributed by atoms with Crippen molar-refractivity contribution in [2.24, 2.45) is 5.41 Å². The molecule has 0 spiro atoms. The lowest BCUT2D eigenvalue weighted by molar-refractivity contribution is -0.132. The number of carbonyl (C=O) groups is 2. The van der Waals surface area contributed by atoms with E-state index in [1.54, 1.807) is 19.2 Å². The summed E-state index contributed by atoms with van der Waals surface area (Å²) in [5.74, 6) is 0.154. The van der Waals surface area contributed by atoms with Crippen molar-refractivity contribution >= 4 is 23.6 Å². The van der Waals surface area contributed by atoms with Crippen LogP contribution in [0.25, 0.3) is 0 Å². The van der Waals surface area contributed by atoms with Gasteiger partial charge in [-0.2, -0.15) is 13.2 Å². The summed E-state index contributed by atoms with van der Waals surface area (Å²) in [4.78, 5) is 25.6. The van der Waals surface area contributed by atoms with Crippen LogP contribution in [0, 0.1) is 5.41 Å². The minimum Gasteiger partial charge on any atom is -0.497 e. The van der Waals surface area contributed by atoms with Gasteiger partial charge in [0.05, 0.1) is 31.8 Å². The molecule has 3 atom stereocenters. The molecule has 0 aliphatic carbocycles. The number of thioether (sulfide) groups is 1. The third-order valence-corrected chi connectivity index (χ3v) is 6.38. The van der Waals surface area contributed by atoms with Crippen LogP contribution in [0.2, 0.25) is 0 Å². The van der Waals surface area contributed by atoms with E-state index in [2.05, 4.69) is 16.0 Å². The summed E-state index contributed by atoms with van der Waals surface area (Å²) in [7, 11) is 1.59. The lowest BCUT2D eigenvalue weighted by atomic mass is 9.82. The highest BCUT2D eigenvalue weighted by Gasteiger charge is 2.35. The van der Waals surface area contributed by atoms with Gasteiger partial charge in [0.1, 0.15) is 5.75 Å². The number of methoxy groups -OCH3 is 1. The lowest BCUT2D eigenvalue weighted by Crippen LogP contribution is -2.61. The number of ether oxygens (including phenoxy) is 1. The first-order chi connectivity index (χ1) is 16.3. The van der Waals surface area contributed by atoms with Gasteiger partial charge < -0.3 is 15.4 Å². The smallest absolute Gasteiger partial charge is 0.446 e. The van der Waals surface area contributed by atoms with E-state index in [-0.39, 0.29) is 34.9 Å². The van der Waals surface area contributed by atoms with Gasteiger partial charge in [-0.15, -0.1) is 0 Å². The number of benzene rings is 2. The first-order valence-corrected chi connectivity index (χ1v) is 12.0. The molecule has 0 aromatic heterocycles. The molecular weight excluding hydrogens is 479 g/mol. The standard InChI is InChI=1S/C25H30F3N3O3S/c1-24(2,3)22(16-7-11-18(12-8-16)35-25(26,27)28)31-23(33)19-14-21(32)30-20(29-19)13-15-5-9-17(34-4)10-6-15/h5-12,19-20,22,29H,13-14H2,1-4H3,(H,30,32)(H,31,33)/t19?,20?,22-/m0/s1. The summed E-state index contributed by atoms with van der Waals surface area (Å²) in [6.07, 6.45) is 0.0518. The van der Waals surface area contributed by atoms with Gasteiger partial charge in [-0.25, -0.2) is 0 Å². The van der Waals surface area contributed by atoms with Gasteiger partial charge in [0, 0.05) is 11.3 Å². The second kappa shape index (κ2) is 10.9. The van der Waals surface area contributed by atoms with E-state index in [9.17, 15) is 22.8 Å². The van der Waals surface area contributed by atoms with Crippen molar-refractivity contribution in [1.29, 1.82) is 0 Å². The van der Waals surface area contributed by atoms with Gasteiger partial charge in [0.2, 0.25) is 11.8 Å². The zero-order valence-electron chi connectivity index (χ0n) is 20.0. The van der Waals surface area contributed by atoms with Crippen LogP contribution in [0.15, 0.2) is 53.4 Å². The minimum absolute atomic E-state index is 0.0109. The molecule has 10 heteroatoms. The van der Waals surface area contributed by atoms with Gasteiger partial charge >= 0.3 is 5.51 Å². The molecule has 3 rings (SSSR count). The van der Waals surface area contributed by atoms with Crippen LogP contribution in [0.1, 0.15) is 44.4 Å². The normalized spacial score (nSPS) is 19.6. The molecule has 2 unspecified atom stereocenters. The third kappa shape index (κ3) is 7.90. The van der Waals surface area contributed by atoms with E-state index in [4.69, 9.17) is 4.74 Å². The van der Waals surface area contributed by atoms with Crippen LogP contribution in [-0.2, 0) is 16.0 Å². The summed E-state index contributed by atoms with van der Waals surface area (Å²) in [6.45, 7) is 5.80. The average molecular weight is 510 g/mol. The van der Waals surface area contributed by atoms with Crippen LogP contribution in [0.3, 0.4) is 0 Å². The molecule has 2 aromatic carbocycles. The second-order valence-corrected chi connectivity index (χ2v) is 10.7. The first kappa shape index (κ1) is 26.9. The monoisotopic (exact) mass is 509 g/mol. The highest BCUT2D eigenvalue weighted by Crippen LogP contribution is 2.38. The van der Waals surface area contributed by atoms with Gasteiger partial charge in [0.25, 0.3) is 0 Å². The molecule has 3 N–H and O–H groups in total. The molecule has 2 aromatic rings. The predicted molar refractivity (Wildman–Crippen MR) is 129 cm³/mol. The zero-order chi connectivity index (χ0) is 25.8. The quantitative estimate of drug-likeness (QED) is 0.477. The van der Waals surface area contributed by atoms with Crippen LogP contribution < -0.4 is 20.7 Å². The van der Waals surface area contributed by atoms with Gasteiger partial charge in [0.15, 0.2) is 0 Å². The van der Waals surface area contributed by atoms with E-state index >= 15 is 0 Å². The summed E-state index contributed by atoms with van der Waals surface area (Å²) in [5, 5.41) is 9.07. The fourth-order valence-electron chi connectivity index (χ4n) is 3.96. The predicted octanol–water partition coefficient (Wildman–Crippen LogP) is 4.56. The lowest BCUT2D eigenvalue weighted by Gasteiger charge is -2.36. The fraction of sp³-hybridized carbons (Fsp3) is 0.440. The Kier molecular flexibility index (Phi) is 8.38. The maximum absolute atomic E-state index is 13.2. The third-order valence-electron chi connectivity index (χ3n) is 5.64. The maximum Gasteiger partial charge on any atom is 0.446 e. The fourth-order valence-corrected chi connectivity index (χ4v) is 4.50. The van der Waals surface area contributed by atoms with Crippen molar-refractivity contribution in [3.63, 3.8) is 0 Å². The minimum atomic E-state index is -4.37. The van der Waals surface area contributed by atoms with Crippen LogP contribution in [0.4, 0.5) is 13.2 Å². The van der Waals surface area contributed by atoms with Crippen molar-refractivity contribution in [1.82, 2.24) is 16.0 Å². The number of hydrogen-bond donors (Lipinski definition) is 3. The topological polar surface area (TPSA) is 79.5 Å². The highest BCUT2D eigenvalue weighted by atomic mass is 32.2. The second-order valence-electron chi connectivity index (χ2n) is 9.52. The van der Waals surface area contributed by atoms with Crippen LogP contribution in [0.5, 0.6) is 5.75 Å². The summed E-state index contributed by atoms with van der Waals surface area (Å²) >= 11 is -0.180. The molecule has 35 heavy (non-hydrogen) atoms. The number of alkyl halides is 3. The Labute approximate surface area is 207 Å². The van der Waals surface area contributed by atoms with Gasteiger partial charge in [-0.1, -0.05) is 45.0 Å². The summed E-state index contributed by atoms with van der Waals surface area (Å²) < 4.78 is 43.2. The molecule has 1 fully saturated rings. The van der Waals surface area contributed by atoms with E-state index in [0.29, 0.717) is 12.0 Å². The van der Waals surface area contributed by atoms with E-state index < -0.39 is 29.2 Å². The Balaban J connectivity index is 1.70. The van der Waals surface area contributed by atoms with Crippen molar-refractivity contribution < 1.29 is 27.5 Å². The molecule has 1 heterocycles. The molecule has 1 saturated heterocycles. The van der Waals surface area contributed by atoms with Crippen molar-refractivity contribution in [3.05, 3.63) is 59.7 Å². The molecule has 1 aliphatic heterocycles. The molecule has 1 aliphatic rings. The van der Waals surface area contributed by atoms with Crippen LogP contribution >= 0.6 is 11.8 Å². The van der Waals surface area contributed by atoms with Crippen LogP contribution in [-0.4, -0.2) is 36.6 Å². The van der Waals surface area contributed by atoms with Crippen molar-refractivity contribution in [2.45, 2.75) is 62.3 Å². The highest BCUT2D eigenvalue weighted by molar-refractivity contribution is 8.00. The molecular formula is C25H30F3N3O3S. The number of amides is 2. The molecule has 2 amide bonds. The van der Waals surface area contributed by atoms with E-state index in [1.165, 1.54) is 12.1 Å². The largest absolute Gasteiger partial charge is 0.497 e. The Morgan fingerprint density at radius 3 is 2.29 bits per heavy atom. The Morgan fingerprint density at radius 2 is 1.74 bits per heavy atom. The number of hydrogen-bond acceptors (Lipinski definition) is 5. The number of carbonyl (C=O) groups excluding carboxylic acids is 2. The Morgan fingerprint density at radius 1 is 1.11 bits per heavy atom. The number of nitrogens with one attached hydrogen (secondary N) is 3. The summed E-state index contributed by atoms with van der Waals surface area (Å²) in [5.41, 5.74) is -3.14. The van der Waals surface area contributed by atoms with Gasteiger partial charge in [-0.05, 0) is 52.6 Å². The molecule has 190 valence electrons. The Hall–Kier alpha value is -2.72. The number of rotatable bonds is 7. The van der Waals surface area contributed by atoms with Crippen molar-refractivity contribution in [2.75, 3.05) is 7.11 Å². The molecule has 0 saturated carbocycles. The summed E-state index contributed by atoms with van der Waals surface area (Å²) in [6, 6.07) is 12.2. The molecule has 0 bridgehead atoms. The van der Waals surface area contributed by atoms with E-state index in [1.807, 2.05) is 45.0 Å². The van der Waals surface area contributed by atoms with E-state index in [0.717, 1.165) is 11.3 Å². The number of halogens is 3. The maximum atomic E-state index is 13.2. The van der Waals surface area contributed by atoms with Crippen molar-refractivity contribution in [3.8, 4) is 5.75 Å². The Bertz CT molecular complexity index is 1020. The van der Waals surface area contributed by atoms with Gasteiger partial charge in [-0.3, -0.25) is 14.9 Å². The molecule has 6 nitrogen and oxygen atoms in total. The first-order valence-electron chi connectivity index (χ1n) is 11.2. The SMILES string of the molecule is COc1ccc(CC2NC(=O)CC(C(=O)N[C@@H](c3ccc(SC(F)(F)F)cc3)C(C)(C)C)N2)cc1. The average Bonchev–Trinajstić information content (AvgIpc) is 2.76.